The zero-order valence-electron chi connectivity index (χ0n) is 12.2. The van der Waals surface area contributed by atoms with Crippen LogP contribution in [0.1, 0.15) is 11.4 Å². The van der Waals surface area contributed by atoms with Gasteiger partial charge in [-0.2, -0.15) is 0 Å². The zero-order chi connectivity index (χ0) is 15.5. The highest BCUT2D eigenvalue weighted by Gasteiger charge is 2.16. The second-order valence-electron chi connectivity index (χ2n) is 4.81. The minimum Gasteiger partial charge on any atom is -0.379 e. The van der Waals surface area contributed by atoms with Gasteiger partial charge in [-0.25, -0.2) is 12.7 Å². The molecule has 0 aliphatic carbocycles. The Hall–Kier alpha value is -1.99. The molecule has 1 N–H and O–H groups in total. The number of rotatable bonds is 5. The Bertz CT molecular complexity index is 695. The molecule has 0 radical (unpaired) electrons. The van der Waals surface area contributed by atoms with Crippen LogP contribution in [-0.4, -0.2) is 36.8 Å². The summed E-state index contributed by atoms with van der Waals surface area (Å²) in [6.07, 6.45) is 3.43. The summed E-state index contributed by atoms with van der Waals surface area (Å²) in [6.45, 7) is 2.42. The topological polar surface area (TPSA) is 75.2 Å². The summed E-state index contributed by atoms with van der Waals surface area (Å²) in [4.78, 5) is 8.69. The average Bonchev–Trinajstić information content (AvgIpc) is 2.47. The fraction of sp³-hybridized carbons (Fsp3) is 0.286. The Labute approximate surface area is 124 Å². The summed E-state index contributed by atoms with van der Waals surface area (Å²) in [5.74, 6) is 0. The van der Waals surface area contributed by atoms with Crippen molar-refractivity contribution in [3.63, 3.8) is 0 Å². The van der Waals surface area contributed by atoms with E-state index in [1.807, 2.05) is 6.92 Å². The van der Waals surface area contributed by atoms with Crippen molar-refractivity contribution < 1.29 is 8.42 Å². The number of aryl methyl sites for hydroxylation is 1. The molecule has 6 nitrogen and oxygen atoms in total. The van der Waals surface area contributed by atoms with Crippen LogP contribution in [0.15, 0.2) is 41.6 Å². The Kier molecular flexibility index (Phi) is 4.54. The summed E-state index contributed by atoms with van der Waals surface area (Å²) in [5, 5.41) is 3.18. The van der Waals surface area contributed by atoms with Crippen LogP contribution in [0.3, 0.4) is 0 Å². The third-order valence-corrected chi connectivity index (χ3v) is 4.77. The van der Waals surface area contributed by atoms with Crippen molar-refractivity contribution in [3.05, 3.63) is 48.0 Å². The van der Waals surface area contributed by atoms with Gasteiger partial charge in [0, 0.05) is 26.0 Å². The molecule has 0 aliphatic rings. The van der Waals surface area contributed by atoms with E-state index >= 15 is 0 Å². The smallest absolute Gasteiger partial charge is 0.242 e. The summed E-state index contributed by atoms with van der Waals surface area (Å²) in [6, 6.07) is 6.63. The van der Waals surface area contributed by atoms with E-state index in [1.54, 1.807) is 36.7 Å². The number of nitrogens with one attached hydrogen (secondary N) is 1. The van der Waals surface area contributed by atoms with E-state index in [4.69, 9.17) is 0 Å². The molecule has 2 rings (SSSR count). The number of hydrogen-bond donors (Lipinski definition) is 1. The molecule has 0 fully saturated rings. The average molecular weight is 306 g/mol. The Morgan fingerprint density at radius 2 is 1.76 bits per heavy atom. The van der Waals surface area contributed by atoms with Crippen LogP contribution in [0, 0.1) is 6.92 Å². The first-order valence-corrected chi connectivity index (χ1v) is 7.87. The second-order valence-corrected chi connectivity index (χ2v) is 6.97. The normalized spacial score (nSPS) is 11.6. The van der Waals surface area contributed by atoms with Gasteiger partial charge in [-0.15, -0.1) is 0 Å². The van der Waals surface area contributed by atoms with E-state index in [1.165, 1.54) is 18.4 Å². The number of nitrogens with zero attached hydrogens (tertiary/aromatic N) is 3. The molecule has 0 saturated carbocycles. The highest BCUT2D eigenvalue weighted by atomic mass is 32.2. The maximum atomic E-state index is 11.9. The van der Waals surface area contributed by atoms with Crippen LogP contribution < -0.4 is 5.32 Å². The van der Waals surface area contributed by atoms with Gasteiger partial charge in [0.25, 0.3) is 0 Å². The molecule has 0 bridgehead atoms. The molecule has 7 heteroatoms. The number of aromatic nitrogens is 2. The highest BCUT2D eigenvalue weighted by Crippen LogP contribution is 2.16. The van der Waals surface area contributed by atoms with Gasteiger partial charge in [0.1, 0.15) is 0 Å². The maximum absolute atomic E-state index is 11.9. The molecule has 0 amide bonds. The van der Waals surface area contributed by atoms with Gasteiger partial charge in [0.2, 0.25) is 10.0 Å². The van der Waals surface area contributed by atoms with Crippen molar-refractivity contribution in [1.29, 1.82) is 0 Å². The van der Waals surface area contributed by atoms with Crippen LogP contribution in [0.5, 0.6) is 0 Å². The van der Waals surface area contributed by atoms with Gasteiger partial charge in [-0.05, 0) is 31.2 Å². The fourth-order valence-corrected chi connectivity index (χ4v) is 2.56. The molecule has 0 saturated heterocycles. The Balaban J connectivity index is 2.05. The number of hydrogen-bond acceptors (Lipinski definition) is 5. The lowest BCUT2D eigenvalue weighted by atomic mass is 10.3. The molecule has 112 valence electrons. The monoisotopic (exact) mass is 306 g/mol. The largest absolute Gasteiger partial charge is 0.379 e. The van der Waals surface area contributed by atoms with E-state index in [0.29, 0.717) is 6.54 Å². The molecule has 0 spiro atoms. The van der Waals surface area contributed by atoms with Crippen LogP contribution >= 0.6 is 0 Å². The second kappa shape index (κ2) is 6.19. The predicted molar refractivity (Wildman–Crippen MR) is 81.4 cm³/mol. The SMILES string of the molecule is Cc1cnc(CNc2ccc(S(=O)(=O)N(C)C)cc2)cn1. The molecule has 1 aromatic carbocycles. The minimum atomic E-state index is -3.38. The van der Waals surface area contributed by atoms with Crippen LogP contribution in [0.4, 0.5) is 5.69 Å². The van der Waals surface area contributed by atoms with Crippen molar-refractivity contribution in [1.82, 2.24) is 14.3 Å². The van der Waals surface area contributed by atoms with E-state index < -0.39 is 10.0 Å². The first kappa shape index (κ1) is 15.4. The van der Waals surface area contributed by atoms with Gasteiger partial charge in [-0.1, -0.05) is 0 Å². The zero-order valence-corrected chi connectivity index (χ0v) is 13.1. The van der Waals surface area contributed by atoms with Crippen molar-refractivity contribution in [2.45, 2.75) is 18.4 Å². The first-order chi connectivity index (χ1) is 9.89. The third kappa shape index (κ3) is 3.77. The number of sulfonamides is 1. The van der Waals surface area contributed by atoms with Gasteiger partial charge in [0.05, 0.1) is 29.0 Å². The van der Waals surface area contributed by atoms with Crippen LogP contribution in [-0.2, 0) is 16.6 Å². The molecule has 21 heavy (non-hydrogen) atoms. The standard InChI is InChI=1S/C14H18N4O2S/c1-11-8-16-13(9-15-11)10-17-12-4-6-14(7-5-12)21(19,20)18(2)3/h4-9,17H,10H2,1-3H3. The van der Waals surface area contributed by atoms with Gasteiger partial charge < -0.3 is 5.32 Å². The molecule has 0 unspecified atom stereocenters. The summed E-state index contributed by atoms with van der Waals surface area (Å²) in [5.41, 5.74) is 2.53. The Morgan fingerprint density at radius 1 is 1.10 bits per heavy atom. The quantitative estimate of drug-likeness (QED) is 0.909. The van der Waals surface area contributed by atoms with Gasteiger partial charge in [0.15, 0.2) is 0 Å². The lowest BCUT2D eigenvalue weighted by Gasteiger charge is -2.12. The van der Waals surface area contributed by atoms with E-state index in [2.05, 4.69) is 15.3 Å². The fourth-order valence-electron chi connectivity index (χ4n) is 1.66. The van der Waals surface area contributed by atoms with Crippen molar-refractivity contribution in [3.8, 4) is 0 Å². The molecular formula is C14H18N4O2S. The molecule has 1 aromatic heterocycles. The molecule has 1 heterocycles. The molecular weight excluding hydrogens is 288 g/mol. The third-order valence-electron chi connectivity index (χ3n) is 2.94. The van der Waals surface area contributed by atoms with Crippen LogP contribution in [0.2, 0.25) is 0 Å². The summed E-state index contributed by atoms with van der Waals surface area (Å²) < 4.78 is 25.1. The minimum absolute atomic E-state index is 0.271. The summed E-state index contributed by atoms with van der Waals surface area (Å²) >= 11 is 0. The lowest BCUT2D eigenvalue weighted by molar-refractivity contribution is 0.521. The van der Waals surface area contributed by atoms with Gasteiger partial charge in [-0.3, -0.25) is 9.97 Å². The van der Waals surface area contributed by atoms with Crippen LogP contribution in [0.25, 0.3) is 0 Å². The first-order valence-electron chi connectivity index (χ1n) is 6.43. The molecule has 2 aromatic rings. The van der Waals surface area contributed by atoms with E-state index in [0.717, 1.165) is 17.1 Å². The number of benzene rings is 1. The highest BCUT2D eigenvalue weighted by molar-refractivity contribution is 7.89. The van der Waals surface area contributed by atoms with Crippen molar-refractivity contribution in [2.24, 2.45) is 0 Å². The Morgan fingerprint density at radius 3 is 2.29 bits per heavy atom. The maximum Gasteiger partial charge on any atom is 0.242 e. The van der Waals surface area contributed by atoms with Crippen molar-refractivity contribution >= 4 is 15.7 Å². The predicted octanol–water partition coefficient (Wildman–Crippen LogP) is 1.65. The van der Waals surface area contributed by atoms with E-state index in [-0.39, 0.29) is 4.90 Å². The number of anilines is 1. The molecule has 0 atom stereocenters. The van der Waals surface area contributed by atoms with E-state index in [9.17, 15) is 8.42 Å². The molecule has 0 aliphatic heterocycles. The summed E-state index contributed by atoms with van der Waals surface area (Å²) in [7, 11) is -0.359. The van der Waals surface area contributed by atoms with Crippen molar-refractivity contribution in [2.75, 3.05) is 19.4 Å². The van der Waals surface area contributed by atoms with Gasteiger partial charge >= 0.3 is 0 Å². The lowest BCUT2D eigenvalue weighted by Crippen LogP contribution is -2.22.